The number of H-pyrrole nitrogens is 1. The van der Waals surface area contributed by atoms with Gasteiger partial charge in [0.1, 0.15) is 0 Å². The van der Waals surface area contributed by atoms with Crippen LogP contribution in [0.5, 0.6) is 0 Å². The second-order valence-corrected chi connectivity index (χ2v) is 6.41. The number of aryl methyl sites for hydroxylation is 1. The summed E-state index contributed by atoms with van der Waals surface area (Å²) in [4.78, 5) is 14.6. The molecule has 25 heavy (non-hydrogen) atoms. The molecule has 7 heteroatoms. The minimum absolute atomic E-state index is 0.0457. The zero-order valence-corrected chi connectivity index (χ0v) is 14.0. The number of nitrogens with one attached hydrogen (secondary N) is 1. The highest BCUT2D eigenvalue weighted by atomic mass is 16.2. The van der Waals surface area contributed by atoms with Crippen LogP contribution in [0, 0.1) is 6.92 Å². The molecule has 0 radical (unpaired) electrons. The lowest BCUT2D eigenvalue weighted by Gasteiger charge is -2.17. The number of nitrogens with zero attached hydrogens (tertiary/aromatic N) is 4. The SMILES string of the molecule is Cc1ccnn1-c1ccc(C(=O)N2CCC(c3[nH]ncc3N)C2)cc1. The summed E-state index contributed by atoms with van der Waals surface area (Å²) in [5.41, 5.74) is 10.2. The van der Waals surface area contributed by atoms with E-state index in [4.69, 9.17) is 5.73 Å². The lowest BCUT2D eigenvalue weighted by atomic mass is 10.0. The summed E-state index contributed by atoms with van der Waals surface area (Å²) < 4.78 is 1.85. The molecule has 1 atom stereocenters. The third-order valence-corrected chi connectivity index (χ3v) is 4.77. The molecule has 1 aliphatic heterocycles. The molecule has 0 bridgehead atoms. The molecule has 0 aliphatic carbocycles. The molecule has 7 nitrogen and oxygen atoms in total. The van der Waals surface area contributed by atoms with Gasteiger partial charge in [-0.2, -0.15) is 10.2 Å². The molecular formula is C18H20N6O. The molecule has 3 aromatic rings. The number of amides is 1. The average molecular weight is 336 g/mol. The van der Waals surface area contributed by atoms with Crippen molar-refractivity contribution >= 4 is 11.6 Å². The molecule has 1 aromatic carbocycles. The van der Waals surface area contributed by atoms with E-state index in [0.717, 1.165) is 30.0 Å². The largest absolute Gasteiger partial charge is 0.396 e. The van der Waals surface area contributed by atoms with Crippen molar-refractivity contribution in [3.63, 3.8) is 0 Å². The highest BCUT2D eigenvalue weighted by molar-refractivity contribution is 5.94. The van der Waals surface area contributed by atoms with Crippen molar-refractivity contribution in [3.05, 3.63) is 59.7 Å². The van der Waals surface area contributed by atoms with E-state index in [1.54, 1.807) is 12.4 Å². The van der Waals surface area contributed by atoms with Crippen molar-refractivity contribution in [2.75, 3.05) is 18.8 Å². The van der Waals surface area contributed by atoms with Gasteiger partial charge in [0.2, 0.25) is 0 Å². The maximum Gasteiger partial charge on any atom is 0.253 e. The maximum atomic E-state index is 12.8. The van der Waals surface area contributed by atoms with E-state index >= 15 is 0 Å². The van der Waals surface area contributed by atoms with Crippen molar-refractivity contribution < 1.29 is 4.79 Å². The molecule has 1 fully saturated rings. The van der Waals surface area contributed by atoms with Gasteiger partial charge in [0, 0.05) is 36.5 Å². The van der Waals surface area contributed by atoms with Gasteiger partial charge in [-0.25, -0.2) is 4.68 Å². The van der Waals surface area contributed by atoms with Crippen LogP contribution in [-0.4, -0.2) is 43.9 Å². The molecule has 3 N–H and O–H groups in total. The van der Waals surface area contributed by atoms with E-state index in [1.165, 1.54) is 0 Å². The fourth-order valence-corrected chi connectivity index (χ4v) is 3.38. The van der Waals surface area contributed by atoms with Crippen LogP contribution in [0.2, 0.25) is 0 Å². The van der Waals surface area contributed by atoms with Crippen LogP contribution in [0.25, 0.3) is 5.69 Å². The molecule has 1 aliphatic rings. The Morgan fingerprint density at radius 2 is 2.08 bits per heavy atom. The summed E-state index contributed by atoms with van der Waals surface area (Å²) in [5.74, 6) is 0.266. The first kappa shape index (κ1) is 15.4. The Labute approximate surface area is 145 Å². The number of carbonyl (C=O) groups is 1. The number of aromatic amines is 1. The number of benzene rings is 1. The van der Waals surface area contributed by atoms with Gasteiger partial charge in [0.25, 0.3) is 5.91 Å². The Bertz CT molecular complexity index is 894. The van der Waals surface area contributed by atoms with Gasteiger partial charge in [0.05, 0.1) is 23.3 Å². The van der Waals surface area contributed by atoms with Crippen molar-refractivity contribution in [3.8, 4) is 5.69 Å². The topological polar surface area (TPSA) is 92.8 Å². The molecule has 0 saturated carbocycles. The molecule has 1 amide bonds. The molecule has 1 unspecified atom stereocenters. The smallest absolute Gasteiger partial charge is 0.253 e. The van der Waals surface area contributed by atoms with Crippen molar-refractivity contribution in [2.45, 2.75) is 19.3 Å². The van der Waals surface area contributed by atoms with E-state index < -0.39 is 0 Å². The molecular weight excluding hydrogens is 316 g/mol. The second-order valence-electron chi connectivity index (χ2n) is 6.41. The molecule has 128 valence electrons. The highest BCUT2D eigenvalue weighted by Gasteiger charge is 2.30. The van der Waals surface area contributed by atoms with Crippen LogP contribution in [0.4, 0.5) is 5.69 Å². The van der Waals surface area contributed by atoms with Gasteiger partial charge in [-0.3, -0.25) is 9.89 Å². The summed E-state index contributed by atoms with van der Waals surface area (Å²) in [7, 11) is 0. The van der Waals surface area contributed by atoms with E-state index in [9.17, 15) is 4.79 Å². The number of anilines is 1. The van der Waals surface area contributed by atoms with Gasteiger partial charge in [-0.15, -0.1) is 0 Å². The maximum absolute atomic E-state index is 12.8. The van der Waals surface area contributed by atoms with Crippen molar-refractivity contribution in [1.82, 2.24) is 24.9 Å². The summed E-state index contributed by atoms with van der Waals surface area (Å²) in [6.07, 6.45) is 4.28. The molecule has 2 aromatic heterocycles. The number of hydrogen-bond acceptors (Lipinski definition) is 4. The van der Waals surface area contributed by atoms with Crippen LogP contribution >= 0.6 is 0 Å². The van der Waals surface area contributed by atoms with Crippen LogP contribution in [0.15, 0.2) is 42.7 Å². The minimum Gasteiger partial charge on any atom is -0.396 e. The third kappa shape index (κ3) is 2.77. The van der Waals surface area contributed by atoms with Crippen LogP contribution in [0.1, 0.15) is 34.1 Å². The second kappa shape index (κ2) is 6.08. The van der Waals surface area contributed by atoms with E-state index in [-0.39, 0.29) is 11.8 Å². The number of hydrogen-bond donors (Lipinski definition) is 2. The number of carbonyl (C=O) groups excluding carboxylic acids is 1. The monoisotopic (exact) mass is 336 g/mol. The lowest BCUT2D eigenvalue weighted by molar-refractivity contribution is 0.0790. The Morgan fingerprint density at radius 1 is 1.28 bits per heavy atom. The Kier molecular flexibility index (Phi) is 3.76. The first-order valence-electron chi connectivity index (χ1n) is 8.32. The van der Waals surface area contributed by atoms with E-state index in [0.29, 0.717) is 17.8 Å². The molecule has 1 saturated heterocycles. The third-order valence-electron chi connectivity index (χ3n) is 4.77. The number of likely N-dealkylation sites (tertiary alicyclic amines) is 1. The Hall–Kier alpha value is -3.09. The summed E-state index contributed by atoms with van der Waals surface area (Å²) >= 11 is 0. The van der Waals surface area contributed by atoms with Gasteiger partial charge >= 0.3 is 0 Å². The zero-order chi connectivity index (χ0) is 17.4. The first-order valence-corrected chi connectivity index (χ1v) is 8.32. The molecule has 0 spiro atoms. The zero-order valence-electron chi connectivity index (χ0n) is 14.0. The lowest BCUT2D eigenvalue weighted by Crippen LogP contribution is -2.28. The van der Waals surface area contributed by atoms with Gasteiger partial charge in [0.15, 0.2) is 0 Å². The van der Waals surface area contributed by atoms with Crippen LogP contribution < -0.4 is 5.73 Å². The highest BCUT2D eigenvalue weighted by Crippen LogP contribution is 2.30. The van der Waals surface area contributed by atoms with Gasteiger partial charge in [-0.1, -0.05) is 0 Å². The van der Waals surface area contributed by atoms with Crippen LogP contribution in [-0.2, 0) is 0 Å². The summed E-state index contributed by atoms with van der Waals surface area (Å²) in [5, 5.41) is 11.2. The number of aromatic nitrogens is 4. The minimum atomic E-state index is 0.0457. The van der Waals surface area contributed by atoms with Gasteiger partial charge in [-0.05, 0) is 43.7 Å². The van der Waals surface area contributed by atoms with Crippen molar-refractivity contribution in [1.29, 1.82) is 0 Å². The quantitative estimate of drug-likeness (QED) is 0.766. The predicted molar refractivity (Wildman–Crippen MR) is 94.6 cm³/mol. The van der Waals surface area contributed by atoms with E-state index in [2.05, 4.69) is 15.3 Å². The Morgan fingerprint density at radius 3 is 2.72 bits per heavy atom. The van der Waals surface area contributed by atoms with E-state index in [1.807, 2.05) is 46.8 Å². The fourth-order valence-electron chi connectivity index (χ4n) is 3.38. The standard InChI is InChI=1S/C18H20N6O/c1-12-6-8-21-24(12)15-4-2-13(3-5-15)18(25)23-9-7-14(11-23)17-16(19)10-20-22-17/h2-6,8,10,14H,7,9,11,19H2,1H3,(H,20,22). The number of nitrogens with two attached hydrogens (primary N) is 1. The average Bonchev–Trinajstić information content (AvgIpc) is 3.35. The van der Waals surface area contributed by atoms with Crippen molar-refractivity contribution in [2.24, 2.45) is 0 Å². The molecule has 3 heterocycles. The summed E-state index contributed by atoms with van der Waals surface area (Å²) in [6, 6.07) is 9.51. The number of rotatable bonds is 3. The fraction of sp³-hybridized carbons (Fsp3) is 0.278. The van der Waals surface area contributed by atoms with Gasteiger partial charge < -0.3 is 10.6 Å². The summed E-state index contributed by atoms with van der Waals surface area (Å²) in [6.45, 7) is 3.38. The molecule has 4 rings (SSSR count). The predicted octanol–water partition coefficient (Wildman–Crippen LogP) is 2.12. The first-order chi connectivity index (χ1) is 12.1. The normalized spacial score (nSPS) is 17.2. The van der Waals surface area contributed by atoms with Crippen LogP contribution in [0.3, 0.4) is 0 Å². The number of nitrogen functional groups attached to an aromatic ring is 1. The Balaban J connectivity index is 1.48.